The molecule has 1 aliphatic heterocycles. The molecule has 1 saturated heterocycles. The van der Waals surface area contributed by atoms with Crippen LogP contribution in [0.2, 0.25) is 0 Å². The Hall–Kier alpha value is -2.33. The topological polar surface area (TPSA) is 82.6 Å². The van der Waals surface area contributed by atoms with Gasteiger partial charge in [0.25, 0.3) is 5.91 Å². The fourth-order valence-corrected chi connectivity index (χ4v) is 5.91. The number of nitrogens with one attached hydrogen (secondary N) is 1. The van der Waals surface area contributed by atoms with Gasteiger partial charge in [0.05, 0.1) is 15.1 Å². The summed E-state index contributed by atoms with van der Waals surface area (Å²) in [6, 6.07) is 12.4. The van der Waals surface area contributed by atoms with E-state index >= 15 is 0 Å². The van der Waals surface area contributed by atoms with Crippen molar-refractivity contribution in [1.29, 1.82) is 0 Å². The molecule has 164 valence electrons. The largest absolute Gasteiger partial charge is 0.304 e. The van der Waals surface area contributed by atoms with Crippen LogP contribution in [0.4, 0.5) is 5.13 Å². The highest BCUT2D eigenvalue weighted by Gasteiger charge is 2.27. The zero-order valence-corrected chi connectivity index (χ0v) is 19.5. The number of piperazine rings is 1. The molecule has 0 unspecified atom stereocenters. The van der Waals surface area contributed by atoms with Crippen LogP contribution < -0.4 is 5.32 Å². The predicted octanol–water partition coefficient (Wildman–Crippen LogP) is 3.61. The first kappa shape index (κ1) is 21.9. The summed E-state index contributed by atoms with van der Waals surface area (Å²) >= 11 is 1.27. The van der Waals surface area contributed by atoms with Crippen molar-refractivity contribution in [1.82, 2.24) is 14.2 Å². The molecule has 0 bridgehead atoms. The van der Waals surface area contributed by atoms with E-state index in [4.69, 9.17) is 0 Å². The van der Waals surface area contributed by atoms with E-state index in [2.05, 4.69) is 29.0 Å². The molecule has 1 N–H and O–H groups in total. The van der Waals surface area contributed by atoms with E-state index in [1.54, 1.807) is 30.3 Å². The number of nitrogens with zero attached hydrogens (tertiary/aromatic N) is 3. The molecule has 31 heavy (non-hydrogen) atoms. The van der Waals surface area contributed by atoms with Gasteiger partial charge >= 0.3 is 0 Å². The molecule has 0 saturated carbocycles. The molecule has 0 aliphatic carbocycles. The van der Waals surface area contributed by atoms with Crippen LogP contribution in [-0.4, -0.2) is 61.7 Å². The van der Waals surface area contributed by atoms with Gasteiger partial charge in [-0.3, -0.25) is 10.1 Å². The van der Waals surface area contributed by atoms with Crippen molar-refractivity contribution in [3.63, 3.8) is 0 Å². The van der Waals surface area contributed by atoms with Gasteiger partial charge < -0.3 is 4.90 Å². The maximum Gasteiger partial charge on any atom is 0.257 e. The summed E-state index contributed by atoms with van der Waals surface area (Å²) < 4.78 is 28.3. The number of carbonyl (C=O) groups excluding carboxylic acids is 1. The molecule has 1 amide bonds. The third-order valence-corrected chi connectivity index (χ3v) is 8.35. The normalized spacial score (nSPS) is 16.1. The molecular formula is C22H26N4O3S2. The Bertz CT molecular complexity index is 1200. The molecule has 3 aromatic rings. The van der Waals surface area contributed by atoms with Crippen molar-refractivity contribution in [2.45, 2.75) is 24.7 Å². The monoisotopic (exact) mass is 458 g/mol. The number of thiazole rings is 1. The number of hydrogen-bond donors (Lipinski definition) is 1. The number of rotatable bonds is 5. The lowest BCUT2D eigenvalue weighted by Gasteiger charge is -2.31. The van der Waals surface area contributed by atoms with Gasteiger partial charge in [0, 0.05) is 31.7 Å². The van der Waals surface area contributed by atoms with Crippen LogP contribution in [-0.2, 0) is 10.0 Å². The van der Waals surface area contributed by atoms with Gasteiger partial charge in [-0.2, -0.15) is 4.31 Å². The Balaban J connectivity index is 1.53. The van der Waals surface area contributed by atoms with Crippen molar-refractivity contribution in [3.05, 3.63) is 53.6 Å². The summed E-state index contributed by atoms with van der Waals surface area (Å²) in [4.78, 5) is 19.4. The zero-order valence-electron chi connectivity index (χ0n) is 17.8. The van der Waals surface area contributed by atoms with E-state index < -0.39 is 10.0 Å². The summed E-state index contributed by atoms with van der Waals surface area (Å²) in [6.45, 7) is 6.61. The Labute approximate surface area is 186 Å². The molecule has 4 rings (SSSR count). The summed E-state index contributed by atoms with van der Waals surface area (Å²) in [5.41, 5.74) is 2.39. The Kier molecular flexibility index (Phi) is 6.11. The van der Waals surface area contributed by atoms with Gasteiger partial charge in [0.15, 0.2) is 5.13 Å². The quantitative estimate of drug-likeness (QED) is 0.632. The Morgan fingerprint density at radius 3 is 2.39 bits per heavy atom. The van der Waals surface area contributed by atoms with Crippen LogP contribution in [0.5, 0.6) is 0 Å². The van der Waals surface area contributed by atoms with E-state index in [1.807, 2.05) is 19.2 Å². The van der Waals surface area contributed by atoms with Crippen molar-refractivity contribution < 1.29 is 13.2 Å². The highest BCUT2D eigenvalue weighted by atomic mass is 32.2. The molecule has 1 aliphatic rings. The smallest absolute Gasteiger partial charge is 0.257 e. The van der Waals surface area contributed by atoms with Crippen molar-refractivity contribution in [3.8, 4) is 0 Å². The van der Waals surface area contributed by atoms with Crippen LogP contribution >= 0.6 is 11.3 Å². The average molecular weight is 459 g/mol. The highest BCUT2D eigenvalue weighted by molar-refractivity contribution is 7.89. The predicted molar refractivity (Wildman–Crippen MR) is 124 cm³/mol. The van der Waals surface area contributed by atoms with Crippen molar-refractivity contribution >= 4 is 42.6 Å². The van der Waals surface area contributed by atoms with Crippen LogP contribution in [0, 0.1) is 0 Å². The fraction of sp³-hybridized carbons (Fsp3) is 0.364. The number of likely N-dealkylation sites (N-methyl/N-ethyl adjacent to an activating group) is 1. The fourth-order valence-electron chi connectivity index (χ4n) is 3.49. The molecule has 0 spiro atoms. The van der Waals surface area contributed by atoms with Crippen LogP contribution in [0.15, 0.2) is 47.4 Å². The lowest BCUT2D eigenvalue weighted by molar-refractivity contribution is 0.102. The van der Waals surface area contributed by atoms with Gasteiger partial charge in [-0.05, 0) is 48.9 Å². The number of aromatic nitrogens is 1. The molecule has 1 fully saturated rings. The van der Waals surface area contributed by atoms with Crippen molar-refractivity contribution in [2.75, 3.05) is 38.5 Å². The van der Waals surface area contributed by atoms with Gasteiger partial charge in [-0.25, -0.2) is 13.4 Å². The molecular weight excluding hydrogens is 432 g/mol. The molecule has 9 heteroatoms. The van der Waals surface area contributed by atoms with Gasteiger partial charge in [-0.15, -0.1) is 0 Å². The van der Waals surface area contributed by atoms with Crippen LogP contribution in [0.25, 0.3) is 10.2 Å². The summed E-state index contributed by atoms with van der Waals surface area (Å²) in [7, 11) is -1.56. The summed E-state index contributed by atoms with van der Waals surface area (Å²) in [5.74, 6) is 0.164. The number of amides is 1. The number of fused-ring (bicyclic) bond motifs is 1. The second-order valence-electron chi connectivity index (χ2n) is 8.09. The maximum absolute atomic E-state index is 13.0. The Morgan fingerprint density at radius 2 is 1.74 bits per heavy atom. The van der Waals surface area contributed by atoms with E-state index in [1.165, 1.54) is 21.2 Å². The van der Waals surface area contributed by atoms with E-state index in [0.717, 1.165) is 17.8 Å². The maximum atomic E-state index is 13.0. The zero-order chi connectivity index (χ0) is 22.2. The van der Waals surface area contributed by atoms with Gasteiger partial charge in [0.1, 0.15) is 0 Å². The number of carbonyl (C=O) groups is 1. The van der Waals surface area contributed by atoms with E-state index in [9.17, 15) is 13.2 Å². The standard InChI is InChI=1S/C22H26N4O3S2/c1-15(2)16-4-6-17(7-5-16)21(27)24-22-23-19-9-8-18(14-20(19)30-22)31(28,29)26-12-10-25(3)11-13-26/h4-9,14-15H,10-13H2,1-3H3,(H,23,24,27). The minimum absolute atomic E-state index is 0.236. The van der Waals surface area contributed by atoms with Gasteiger partial charge in [-0.1, -0.05) is 37.3 Å². The number of sulfonamides is 1. The average Bonchev–Trinajstić information content (AvgIpc) is 3.15. The number of anilines is 1. The minimum atomic E-state index is -3.55. The molecule has 2 heterocycles. The number of hydrogen-bond acceptors (Lipinski definition) is 6. The van der Waals surface area contributed by atoms with E-state index in [0.29, 0.717) is 35.2 Å². The van der Waals surface area contributed by atoms with E-state index in [-0.39, 0.29) is 10.8 Å². The lowest BCUT2D eigenvalue weighted by Crippen LogP contribution is -2.46. The molecule has 0 radical (unpaired) electrons. The first-order chi connectivity index (χ1) is 14.7. The first-order valence-corrected chi connectivity index (χ1v) is 12.5. The first-order valence-electron chi connectivity index (χ1n) is 10.2. The molecule has 0 atom stereocenters. The minimum Gasteiger partial charge on any atom is -0.304 e. The second-order valence-corrected chi connectivity index (χ2v) is 11.1. The molecule has 2 aromatic carbocycles. The molecule has 1 aromatic heterocycles. The molecule has 7 nitrogen and oxygen atoms in total. The Morgan fingerprint density at radius 1 is 1.06 bits per heavy atom. The summed E-state index contributed by atoms with van der Waals surface area (Å²) in [5, 5.41) is 3.27. The van der Waals surface area contributed by atoms with Crippen LogP contribution in [0.1, 0.15) is 35.7 Å². The summed E-state index contributed by atoms with van der Waals surface area (Å²) in [6.07, 6.45) is 0. The SMILES string of the molecule is CC(C)c1ccc(C(=O)Nc2nc3ccc(S(=O)(=O)N4CCN(C)CC4)cc3s2)cc1. The lowest BCUT2D eigenvalue weighted by atomic mass is 10.0. The van der Waals surface area contributed by atoms with Crippen molar-refractivity contribution in [2.24, 2.45) is 0 Å². The number of benzene rings is 2. The third kappa shape index (κ3) is 4.64. The van der Waals surface area contributed by atoms with Crippen LogP contribution in [0.3, 0.4) is 0 Å². The third-order valence-electron chi connectivity index (χ3n) is 5.52. The highest BCUT2D eigenvalue weighted by Crippen LogP contribution is 2.30. The second kappa shape index (κ2) is 8.66. The van der Waals surface area contributed by atoms with Gasteiger partial charge in [0.2, 0.25) is 10.0 Å².